The largest absolute Gasteiger partial charge is 0.386 e. The second-order valence-corrected chi connectivity index (χ2v) is 3.69. The summed E-state index contributed by atoms with van der Waals surface area (Å²) in [4.78, 5) is 0. The van der Waals surface area contributed by atoms with Crippen LogP contribution in [-0.4, -0.2) is 24.2 Å². The van der Waals surface area contributed by atoms with Crippen molar-refractivity contribution in [3.8, 4) is 0 Å². The van der Waals surface area contributed by atoms with E-state index in [-0.39, 0.29) is 18.1 Å². The smallest absolute Gasteiger partial charge is 0.265 e. The Kier molecular flexibility index (Phi) is 5.05. The molecule has 0 amide bonds. The van der Waals surface area contributed by atoms with Crippen LogP contribution in [0.15, 0.2) is 18.2 Å². The first-order valence-corrected chi connectivity index (χ1v) is 4.99. The van der Waals surface area contributed by atoms with Crippen LogP contribution in [0, 0.1) is 5.82 Å². The van der Waals surface area contributed by atoms with E-state index in [1.165, 1.54) is 12.1 Å². The van der Waals surface area contributed by atoms with Crippen LogP contribution >= 0.6 is 11.6 Å². The third-order valence-electron chi connectivity index (χ3n) is 1.96. The van der Waals surface area contributed by atoms with Crippen LogP contribution in [0.4, 0.5) is 13.2 Å². The molecule has 0 radical (unpaired) electrons. The Morgan fingerprint density at radius 3 is 2.62 bits per heavy atom. The van der Waals surface area contributed by atoms with Crippen molar-refractivity contribution in [2.45, 2.75) is 19.1 Å². The highest BCUT2D eigenvalue weighted by Gasteiger charge is 2.15. The van der Waals surface area contributed by atoms with Crippen LogP contribution in [0.5, 0.6) is 0 Å². The Morgan fingerprint density at radius 1 is 1.38 bits per heavy atom. The molecule has 0 aliphatic carbocycles. The Morgan fingerprint density at radius 2 is 2.06 bits per heavy atom. The van der Waals surface area contributed by atoms with Crippen molar-refractivity contribution < 1.29 is 18.3 Å². The molecule has 0 aliphatic heterocycles. The quantitative estimate of drug-likeness (QED) is 0.843. The molecule has 1 rings (SSSR count). The van der Waals surface area contributed by atoms with Gasteiger partial charge in [-0.05, 0) is 17.7 Å². The molecule has 6 heteroatoms. The van der Waals surface area contributed by atoms with E-state index in [0.29, 0.717) is 5.56 Å². The fraction of sp³-hybridized carbons (Fsp3) is 0.400. The van der Waals surface area contributed by atoms with Crippen molar-refractivity contribution in [1.82, 2.24) is 5.32 Å². The van der Waals surface area contributed by atoms with Crippen molar-refractivity contribution in [2.24, 2.45) is 0 Å². The van der Waals surface area contributed by atoms with Gasteiger partial charge in [-0.15, -0.1) is 0 Å². The van der Waals surface area contributed by atoms with Crippen LogP contribution in [0.3, 0.4) is 0 Å². The summed E-state index contributed by atoms with van der Waals surface area (Å²) in [6, 6.07) is 4.18. The normalized spacial score (nSPS) is 13.1. The summed E-state index contributed by atoms with van der Waals surface area (Å²) in [7, 11) is 0. The molecule has 1 aromatic carbocycles. The number of alkyl halides is 2. The lowest BCUT2D eigenvalue weighted by atomic mass is 10.2. The van der Waals surface area contributed by atoms with E-state index in [1.807, 2.05) is 0 Å². The van der Waals surface area contributed by atoms with Gasteiger partial charge in [-0.3, -0.25) is 0 Å². The lowest BCUT2D eigenvalue weighted by Crippen LogP contribution is -2.31. The lowest BCUT2D eigenvalue weighted by molar-refractivity contribution is -0.00341. The Labute approximate surface area is 96.0 Å². The monoisotopic (exact) mass is 253 g/mol. The third-order valence-corrected chi connectivity index (χ3v) is 2.26. The molecule has 2 nitrogen and oxygen atoms in total. The summed E-state index contributed by atoms with van der Waals surface area (Å²) in [6.45, 7) is -0.0558. The fourth-order valence-corrected chi connectivity index (χ4v) is 1.22. The maximum absolute atomic E-state index is 13.0. The van der Waals surface area contributed by atoms with Crippen molar-refractivity contribution >= 4 is 11.6 Å². The van der Waals surface area contributed by atoms with Crippen molar-refractivity contribution in [2.75, 3.05) is 6.54 Å². The van der Waals surface area contributed by atoms with Crippen LogP contribution < -0.4 is 5.32 Å². The maximum atomic E-state index is 13.0. The number of halogens is 4. The number of nitrogens with one attached hydrogen (secondary N) is 1. The highest BCUT2D eigenvalue weighted by Crippen LogP contribution is 2.15. The summed E-state index contributed by atoms with van der Waals surface area (Å²) < 4.78 is 36.8. The molecule has 0 spiro atoms. The number of rotatable bonds is 5. The first-order valence-electron chi connectivity index (χ1n) is 4.61. The molecule has 0 saturated heterocycles. The molecule has 0 bridgehead atoms. The highest BCUT2D eigenvalue weighted by atomic mass is 35.5. The highest BCUT2D eigenvalue weighted by molar-refractivity contribution is 6.30. The van der Waals surface area contributed by atoms with Crippen LogP contribution in [0.2, 0.25) is 5.02 Å². The number of aliphatic hydroxyl groups is 1. The fourth-order valence-electron chi connectivity index (χ4n) is 1.10. The Balaban J connectivity index is 2.40. The van der Waals surface area contributed by atoms with Gasteiger partial charge in [-0.1, -0.05) is 17.7 Å². The van der Waals surface area contributed by atoms with Crippen molar-refractivity contribution in [1.29, 1.82) is 0 Å². The second-order valence-electron chi connectivity index (χ2n) is 3.28. The molecule has 2 N–H and O–H groups in total. The van der Waals surface area contributed by atoms with Gasteiger partial charge in [0.05, 0.1) is 5.02 Å². The molecule has 1 aromatic rings. The molecule has 1 atom stereocenters. The minimum Gasteiger partial charge on any atom is -0.386 e. The Bertz CT molecular complexity index is 349. The number of aliphatic hydroxyl groups excluding tert-OH is 1. The van der Waals surface area contributed by atoms with Crippen LogP contribution in [0.1, 0.15) is 5.56 Å². The van der Waals surface area contributed by atoms with E-state index in [1.54, 1.807) is 6.07 Å². The molecule has 90 valence electrons. The summed E-state index contributed by atoms with van der Waals surface area (Å²) in [5.74, 6) is -0.560. The SMILES string of the molecule is OC(CNCc1ccc(Cl)c(F)c1)C(F)F. The summed E-state index contributed by atoms with van der Waals surface area (Å²) in [5.41, 5.74) is 0.573. The van der Waals surface area contributed by atoms with Gasteiger partial charge in [0.1, 0.15) is 11.9 Å². The van der Waals surface area contributed by atoms with E-state index >= 15 is 0 Å². The minimum absolute atomic E-state index is 0.0105. The summed E-state index contributed by atoms with van der Waals surface area (Å²) >= 11 is 5.47. The van der Waals surface area contributed by atoms with Gasteiger partial charge < -0.3 is 10.4 Å². The minimum atomic E-state index is -2.78. The van der Waals surface area contributed by atoms with Crippen molar-refractivity contribution in [3.05, 3.63) is 34.6 Å². The maximum Gasteiger partial charge on any atom is 0.265 e. The van der Waals surface area contributed by atoms with Gasteiger partial charge in [0.15, 0.2) is 0 Å². The van der Waals surface area contributed by atoms with Gasteiger partial charge in [-0.25, -0.2) is 13.2 Å². The number of benzene rings is 1. The van der Waals surface area contributed by atoms with Crippen LogP contribution in [-0.2, 0) is 6.54 Å². The van der Waals surface area contributed by atoms with Gasteiger partial charge in [-0.2, -0.15) is 0 Å². The van der Waals surface area contributed by atoms with Crippen molar-refractivity contribution in [3.63, 3.8) is 0 Å². The summed E-state index contributed by atoms with van der Waals surface area (Å²) in [6.07, 6.45) is -4.49. The average molecular weight is 254 g/mol. The zero-order valence-corrected chi connectivity index (χ0v) is 9.02. The second kappa shape index (κ2) is 6.08. The van der Waals surface area contributed by atoms with E-state index in [9.17, 15) is 13.2 Å². The topological polar surface area (TPSA) is 32.3 Å². The molecular weight excluding hydrogens is 243 g/mol. The van der Waals surface area contributed by atoms with E-state index in [2.05, 4.69) is 5.32 Å². The van der Waals surface area contributed by atoms with Gasteiger partial charge in [0.2, 0.25) is 0 Å². The first kappa shape index (κ1) is 13.3. The predicted molar refractivity (Wildman–Crippen MR) is 55.1 cm³/mol. The van der Waals surface area contributed by atoms with Gasteiger partial charge in [0, 0.05) is 13.1 Å². The molecule has 0 aromatic heterocycles. The summed E-state index contributed by atoms with van der Waals surface area (Å²) in [5, 5.41) is 11.4. The molecule has 0 fully saturated rings. The first-order chi connectivity index (χ1) is 7.50. The molecule has 16 heavy (non-hydrogen) atoms. The number of hydrogen-bond donors (Lipinski definition) is 2. The van der Waals surface area contributed by atoms with Crippen LogP contribution in [0.25, 0.3) is 0 Å². The van der Waals surface area contributed by atoms with E-state index in [0.717, 1.165) is 0 Å². The molecule has 1 unspecified atom stereocenters. The molecule has 0 saturated carbocycles. The van der Waals surface area contributed by atoms with Gasteiger partial charge in [0.25, 0.3) is 6.43 Å². The van der Waals surface area contributed by atoms with Gasteiger partial charge >= 0.3 is 0 Å². The molecular formula is C10H11ClF3NO. The molecule has 0 heterocycles. The lowest BCUT2D eigenvalue weighted by Gasteiger charge is -2.10. The number of hydrogen-bond acceptors (Lipinski definition) is 2. The zero-order chi connectivity index (χ0) is 12.1. The van der Waals surface area contributed by atoms with E-state index < -0.39 is 18.3 Å². The average Bonchev–Trinajstić information content (AvgIpc) is 2.23. The predicted octanol–water partition coefficient (Wildman–Crippen LogP) is 2.19. The molecule has 0 aliphatic rings. The van der Waals surface area contributed by atoms with E-state index in [4.69, 9.17) is 16.7 Å². The third kappa shape index (κ3) is 4.00. The zero-order valence-electron chi connectivity index (χ0n) is 8.26. The standard InChI is InChI=1S/C10H11ClF3NO/c11-7-2-1-6(3-8(7)12)4-15-5-9(16)10(13)14/h1-3,9-10,15-16H,4-5H2. The Hall–Kier alpha value is -0.780.